The maximum Gasteiger partial charge on any atom is 0.407 e. The van der Waals surface area contributed by atoms with Gasteiger partial charge < -0.3 is 24.8 Å². The molecule has 0 bridgehead atoms. The van der Waals surface area contributed by atoms with E-state index in [2.05, 4.69) is 26.2 Å². The quantitative estimate of drug-likeness (QED) is 0.201. The molecule has 6 rings (SSSR count). The number of aromatic amines is 1. The number of alkyl carbamates (subject to hydrolysis) is 1. The summed E-state index contributed by atoms with van der Waals surface area (Å²) in [5.41, 5.74) is 3.76. The van der Waals surface area contributed by atoms with E-state index in [0.29, 0.717) is 31.1 Å². The number of nitrogens with zero attached hydrogens (tertiary/aromatic N) is 2. The lowest BCUT2D eigenvalue weighted by molar-refractivity contribution is -0.133. The largest absolute Gasteiger partial charge is 0.450 e. The second kappa shape index (κ2) is 13.1. The van der Waals surface area contributed by atoms with E-state index in [1.807, 2.05) is 84.8 Å². The zero-order chi connectivity index (χ0) is 31.7. The molecule has 234 valence electrons. The molecule has 1 aromatic heterocycles. The third kappa shape index (κ3) is 6.46. The van der Waals surface area contributed by atoms with Crippen molar-refractivity contribution in [2.45, 2.75) is 55.0 Å². The lowest BCUT2D eigenvalue weighted by Crippen LogP contribution is -2.50. The minimum atomic E-state index is -1.19. The number of carbonyl (C=O) groups excluding carboxylic acids is 3. The van der Waals surface area contributed by atoms with Gasteiger partial charge in [0, 0.05) is 56.7 Å². The first-order valence-corrected chi connectivity index (χ1v) is 16.9. The Bertz CT molecular complexity index is 1730. The van der Waals surface area contributed by atoms with Gasteiger partial charge >= 0.3 is 6.09 Å². The number of thioether (sulfide) groups is 1. The predicted octanol–water partition coefficient (Wildman–Crippen LogP) is 7.24. The van der Waals surface area contributed by atoms with E-state index in [1.54, 1.807) is 11.8 Å². The van der Waals surface area contributed by atoms with Crippen LogP contribution in [0.1, 0.15) is 42.5 Å². The van der Waals surface area contributed by atoms with Crippen molar-refractivity contribution in [2.75, 3.05) is 19.7 Å². The van der Waals surface area contributed by atoms with Crippen molar-refractivity contribution in [3.63, 3.8) is 0 Å². The second-order valence-corrected chi connectivity index (χ2v) is 14.3. The van der Waals surface area contributed by atoms with Crippen molar-refractivity contribution in [3.8, 4) is 0 Å². The Morgan fingerprint density at radius 2 is 1.89 bits per heavy atom. The molecule has 0 spiro atoms. The van der Waals surface area contributed by atoms with Gasteiger partial charge in [-0.2, -0.15) is 0 Å². The van der Waals surface area contributed by atoms with Gasteiger partial charge in [0.2, 0.25) is 11.8 Å². The number of rotatable bonds is 8. The van der Waals surface area contributed by atoms with Gasteiger partial charge in [0.15, 0.2) is 0 Å². The number of hydrogen-bond donors (Lipinski definition) is 2. The number of fused-ring (bicyclic) bond motifs is 1. The first kappa shape index (κ1) is 31.5. The molecular weight excluding hydrogens is 676 g/mol. The minimum Gasteiger partial charge on any atom is -0.450 e. The van der Waals surface area contributed by atoms with Gasteiger partial charge in [-0.25, -0.2) is 4.79 Å². The average molecular weight is 710 g/mol. The van der Waals surface area contributed by atoms with Crippen molar-refractivity contribution in [1.82, 2.24) is 20.1 Å². The Hall–Kier alpha value is -3.47. The number of aromatic nitrogens is 1. The summed E-state index contributed by atoms with van der Waals surface area (Å²) in [7, 11) is 0. The number of benzene rings is 3. The average Bonchev–Trinajstić information content (AvgIpc) is 3.71. The standard InChI is InChI=1S/C34H34BrClN4O4S/c1-3-44-33(43)38-25-14-15-39(20-25)32(42)34(45-26-11-4-21(2)5-12-26)17-30(41)40(19-22-6-8-23(35)9-7-22)31(34)28-18-37-29-16-24(36)10-13-27(28)29/h4-13,16,18,25,31,37H,3,14-15,17,19-20H2,1-2H3,(H,38,43). The molecule has 2 N–H and O–H groups in total. The van der Waals surface area contributed by atoms with Crippen LogP contribution in [0.4, 0.5) is 4.79 Å². The van der Waals surface area contributed by atoms with Crippen LogP contribution in [0.15, 0.2) is 82.3 Å². The number of carbonyl (C=O) groups is 3. The Labute approximate surface area is 279 Å². The molecule has 0 saturated carbocycles. The van der Waals surface area contributed by atoms with Gasteiger partial charge in [0.25, 0.3) is 0 Å². The molecule has 2 aliphatic heterocycles. The number of halogens is 2. The lowest BCUT2D eigenvalue weighted by atomic mass is 9.90. The summed E-state index contributed by atoms with van der Waals surface area (Å²) in [6, 6.07) is 20.8. The predicted molar refractivity (Wildman–Crippen MR) is 180 cm³/mol. The molecule has 3 aromatic carbocycles. The van der Waals surface area contributed by atoms with Crippen LogP contribution in [0, 0.1) is 6.92 Å². The van der Waals surface area contributed by atoms with Crippen molar-refractivity contribution >= 4 is 68.1 Å². The normalized spacial score (nSPS) is 21.5. The van der Waals surface area contributed by atoms with Crippen LogP contribution < -0.4 is 5.32 Å². The molecule has 4 aromatic rings. The van der Waals surface area contributed by atoms with Crippen molar-refractivity contribution in [2.24, 2.45) is 0 Å². The van der Waals surface area contributed by atoms with Gasteiger partial charge in [-0.05, 0) is 62.2 Å². The van der Waals surface area contributed by atoms with E-state index < -0.39 is 16.9 Å². The van der Waals surface area contributed by atoms with Crippen molar-refractivity contribution in [3.05, 3.63) is 99.1 Å². The second-order valence-electron chi connectivity index (χ2n) is 11.6. The Balaban J connectivity index is 1.46. The fourth-order valence-corrected chi connectivity index (χ4v) is 8.27. The van der Waals surface area contributed by atoms with Crippen molar-refractivity contribution < 1.29 is 19.1 Å². The van der Waals surface area contributed by atoms with Gasteiger partial charge in [-0.1, -0.05) is 63.4 Å². The summed E-state index contributed by atoms with van der Waals surface area (Å²) in [5.74, 6) is -0.221. The summed E-state index contributed by atoms with van der Waals surface area (Å²) in [6.45, 7) is 5.19. The SMILES string of the molecule is CCOC(=O)NC1CCN(C(=O)C2(Sc3ccc(C)cc3)CC(=O)N(Cc3ccc(Br)cc3)C2c2c[nH]c3cc(Cl)ccc23)C1. The third-order valence-corrected chi connectivity index (χ3v) is 10.7. The first-order chi connectivity index (χ1) is 21.7. The molecular formula is C34H34BrClN4O4S. The molecule has 0 radical (unpaired) electrons. The van der Waals surface area contributed by atoms with Crippen LogP contribution in [0.2, 0.25) is 5.02 Å². The first-order valence-electron chi connectivity index (χ1n) is 15.0. The van der Waals surface area contributed by atoms with E-state index >= 15 is 4.79 Å². The Morgan fingerprint density at radius 3 is 2.62 bits per heavy atom. The van der Waals surface area contributed by atoms with E-state index in [4.69, 9.17) is 16.3 Å². The highest BCUT2D eigenvalue weighted by molar-refractivity contribution is 9.10. The van der Waals surface area contributed by atoms with Crippen LogP contribution >= 0.6 is 39.3 Å². The zero-order valence-electron chi connectivity index (χ0n) is 25.0. The van der Waals surface area contributed by atoms with Gasteiger partial charge in [-0.15, -0.1) is 11.8 Å². The van der Waals surface area contributed by atoms with Gasteiger partial charge in [0.1, 0.15) is 4.75 Å². The van der Waals surface area contributed by atoms with E-state index in [1.165, 1.54) is 11.8 Å². The van der Waals surface area contributed by atoms with E-state index in [-0.39, 0.29) is 30.9 Å². The molecule has 3 amide bonds. The highest BCUT2D eigenvalue weighted by Gasteiger charge is 2.60. The van der Waals surface area contributed by atoms with Crippen LogP contribution in [0.3, 0.4) is 0 Å². The fraction of sp³-hybridized carbons (Fsp3) is 0.324. The minimum absolute atomic E-state index is 0.0261. The molecule has 3 atom stereocenters. The highest BCUT2D eigenvalue weighted by atomic mass is 79.9. The summed E-state index contributed by atoms with van der Waals surface area (Å²) in [4.78, 5) is 49.3. The van der Waals surface area contributed by atoms with Gasteiger partial charge in [0.05, 0.1) is 25.1 Å². The maximum atomic E-state index is 15.0. The summed E-state index contributed by atoms with van der Waals surface area (Å²) < 4.78 is 4.85. The molecule has 3 heterocycles. The monoisotopic (exact) mass is 708 g/mol. The third-order valence-electron chi connectivity index (χ3n) is 8.48. The molecule has 2 saturated heterocycles. The zero-order valence-corrected chi connectivity index (χ0v) is 28.2. The molecule has 8 nitrogen and oxygen atoms in total. The topological polar surface area (TPSA) is 94.7 Å². The number of ether oxygens (including phenoxy) is 1. The lowest BCUT2D eigenvalue weighted by Gasteiger charge is -2.38. The van der Waals surface area contributed by atoms with Crippen molar-refractivity contribution in [1.29, 1.82) is 0 Å². The molecule has 2 aliphatic rings. The number of aryl methyl sites for hydroxylation is 1. The number of H-pyrrole nitrogens is 1. The van der Waals surface area contributed by atoms with Crippen LogP contribution in [0.25, 0.3) is 10.9 Å². The molecule has 11 heteroatoms. The highest BCUT2D eigenvalue weighted by Crippen LogP contribution is 2.55. The maximum absolute atomic E-state index is 15.0. The van der Waals surface area contributed by atoms with Gasteiger partial charge in [-0.3, -0.25) is 9.59 Å². The van der Waals surface area contributed by atoms with Crippen LogP contribution in [-0.2, 0) is 20.9 Å². The van der Waals surface area contributed by atoms with Crippen LogP contribution in [0.5, 0.6) is 0 Å². The Kier molecular flexibility index (Phi) is 9.17. The molecule has 45 heavy (non-hydrogen) atoms. The number of hydrogen-bond acceptors (Lipinski definition) is 5. The summed E-state index contributed by atoms with van der Waals surface area (Å²) >= 11 is 11.3. The summed E-state index contributed by atoms with van der Waals surface area (Å²) in [6.07, 6.45) is 2.04. The molecule has 0 aliphatic carbocycles. The van der Waals surface area contributed by atoms with Crippen LogP contribution in [-0.4, -0.2) is 63.2 Å². The molecule has 3 unspecified atom stereocenters. The summed E-state index contributed by atoms with van der Waals surface area (Å²) in [5, 5.41) is 4.39. The smallest absolute Gasteiger partial charge is 0.407 e. The van der Waals surface area contributed by atoms with E-state index in [9.17, 15) is 9.59 Å². The number of likely N-dealkylation sites (tertiary alicyclic amines) is 2. The van der Waals surface area contributed by atoms with E-state index in [0.717, 1.165) is 37.0 Å². The Morgan fingerprint density at radius 1 is 1.13 bits per heavy atom. The number of nitrogens with one attached hydrogen (secondary N) is 2. The number of amides is 3. The molecule has 2 fully saturated rings. The fourth-order valence-electron chi connectivity index (χ4n) is 6.37.